The second-order valence-electron chi connectivity index (χ2n) is 5.94. The van der Waals surface area contributed by atoms with Crippen molar-refractivity contribution in [3.8, 4) is 5.75 Å². The Hall–Kier alpha value is -1.96. The highest BCUT2D eigenvalue weighted by atomic mass is 16.3. The number of phenols is 1. The summed E-state index contributed by atoms with van der Waals surface area (Å²) in [4.78, 5) is 0. The average Bonchev–Trinajstić information content (AvgIpc) is 2.55. The van der Waals surface area contributed by atoms with E-state index in [1.54, 1.807) is 6.07 Å². The fraction of sp³-hybridized carbons (Fsp3) is 0.368. The lowest BCUT2D eigenvalue weighted by molar-refractivity contribution is 0.443. The Morgan fingerprint density at radius 2 is 1.62 bits per heavy atom. The van der Waals surface area contributed by atoms with Gasteiger partial charge in [-0.05, 0) is 42.5 Å². The predicted molar refractivity (Wildman–Crippen MR) is 87.7 cm³/mol. The van der Waals surface area contributed by atoms with Gasteiger partial charge in [0.25, 0.3) is 0 Å². The third kappa shape index (κ3) is 3.57. The number of anilines is 1. The zero-order valence-corrected chi connectivity index (χ0v) is 12.4. The molecule has 2 aromatic carbocycles. The molecule has 0 amide bonds. The van der Waals surface area contributed by atoms with E-state index in [0.29, 0.717) is 12.3 Å². The molecule has 3 rings (SSSR count). The topological polar surface area (TPSA) is 32.3 Å². The highest BCUT2D eigenvalue weighted by Gasteiger charge is 2.14. The maximum Gasteiger partial charge on any atom is 0.120 e. The van der Waals surface area contributed by atoms with Crippen molar-refractivity contribution >= 4 is 5.69 Å². The van der Waals surface area contributed by atoms with E-state index in [1.165, 1.54) is 37.7 Å². The molecule has 0 bridgehead atoms. The molecule has 0 heterocycles. The van der Waals surface area contributed by atoms with Crippen LogP contribution in [0.15, 0.2) is 48.5 Å². The monoisotopic (exact) mass is 281 g/mol. The number of para-hydroxylation sites is 1. The third-order valence-electron chi connectivity index (χ3n) is 4.46. The SMILES string of the molecule is Oc1ccccc1CNc1ccc(C2CCCCC2)cc1. The minimum Gasteiger partial charge on any atom is -0.508 e. The van der Waals surface area contributed by atoms with Gasteiger partial charge in [-0.15, -0.1) is 0 Å². The summed E-state index contributed by atoms with van der Waals surface area (Å²) in [6.07, 6.45) is 6.82. The molecule has 0 spiro atoms. The van der Waals surface area contributed by atoms with Gasteiger partial charge >= 0.3 is 0 Å². The second-order valence-corrected chi connectivity index (χ2v) is 5.94. The molecule has 0 radical (unpaired) electrons. The first-order valence-corrected chi connectivity index (χ1v) is 7.93. The fourth-order valence-electron chi connectivity index (χ4n) is 3.17. The zero-order chi connectivity index (χ0) is 14.5. The van der Waals surface area contributed by atoms with Crippen LogP contribution in [0.2, 0.25) is 0 Å². The van der Waals surface area contributed by atoms with Crippen molar-refractivity contribution in [1.29, 1.82) is 0 Å². The number of phenolic OH excluding ortho intramolecular Hbond substituents is 1. The minimum absolute atomic E-state index is 0.351. The first-order chi connectivity index (χ1) is 10.3. The van der Waals surface area contributed by atoms with Crippen molar-refractivity contribution in [1.82, 2.24) is 0 Å². The molecule has 0 saturated heterocycles. The summed E-state index contributed by atoms with van der Waals surface area (Å²) >= 11 is 0. The number of hydrogen-bond acceptors (Lipinski definition) is 2. The van der Waals surface area contributed by atoms with Gasteiger partial charge in [0.1, 0.15) is 5.75 Å². The van der Waals surface area contributed by atoms with E-state index in [9.17, 15) is 5.11 Å². The summed E-state index contributed by atoms with van der Waals surface area (Å²) in [6, 6.07) is 16.3. The van der Waals surface area contributed by atoms with Gasteiger partial charge in [0.05, 0.1) is 0 Å². The highest BCUT2D eigenvalue weighted by molar-refractivity contribution is 5.47. The van der Waals surface area contributed by atoms with E-state index in [0.717, 1.165) is 17.2 Å². The fourth-order valence-corrected chi connectivity index (χ4v) is 3.17. The maximum absolute atomic E-state index is 9.76. The highest BCUT2D eigenvalue weighted by Crippen LogP contribution is 2.33. The van der Waals surface area contributed by atoms with Gasteiger partial charge in [-0.25, -0.2) is 0 Å². The van der Waals surface area contributed by atoms with Crippen molar-refractivity contribution < 1.29 is 5.11 Å². The van der Waals surface area contributed by atoms with E-state index in [2.05, 4.69) is 29.6 Å². The molecule has 2 nitrogen and oxygen atoms in total. The summed E-state index contributed by atoms with van der Waals surface area (Å²) in [5, 5.41) is 13.1. The molecule has 21 heavy (non-hydrogen) atoms. The van der Waals surface area contributed by atoms with Crippen molar-refractivity contribution in [3.63, 3.8) is 0 Å². The molecule has 2 heteroatoms. The van der Waals surface area contributed by atoms with Crippen LogP contribution in [0.25, 0.3) is 0 Å². The molecule has 2 N–H and O–H groups in total. The second kappa shape index (κ2) is 6.66. The van der Waals surface area contributed by atoms with Crippen LogP contribution in [0.3, 0.4) is 0 Å². The summed E-state index contributed by atoms with van der Waals surface area (Å²) in [5.41, 5.74) is 3.51. The molecule has 0 atom stereocenters. The lowest BCUT2D eigenvalue weighted by Gasteiger charge is -2.22. The Morgan fingerprint density at radius 3 is 2.33 bits per heavy atom. The molecule has 1 saturated carbocycles. The number of aromatic hydroxyl groups is 1. The number of rotatable bonds is 4. The molecule has 0 aromatic heterocycles. The van der Waals surface area contributed by atoms with Crippen LogP contribution >= 0.6 is 0 Å². The van der Waals surface area contributed by atoms with Crippen LogP contribution in [0.1, 0.15) is 49.1 Å². The van der Waals surface area contributed by atoms with Crippen LogP contribution in [-0.4, -0.2) is 5.11 Å². The van der Waals surface area contributed by atoms with E-state index < -0.39 is 0 Å². The molecule has 2 aromatic rings. The Morgan fingerprint density at radius 1 is 0.905 bits per heavy atom. The number of hydrogen-bond donors (Lipinski definition) is 2. The van der Waals surface area contributed by atoms with E-state index in [-0.39, 0.29) is 0 Å². The Labute approximate surface area is 126 Å². The van der Waals surface area contributed by atoms with E-state index in [1.807, 2.05) is 18.2 Å². The van der Waals surface area contributed by atoms with Gasteiger partial charge < -0.3 is 10.4 Å². The van der Waals surface area contributed by atoms with Crippen LogP contribution in [-0.2, 0) is 6.54 Å². The summed E-state index contributed by atoms with van der Waals surface area (Å²) in [6.45, 7) is 0.648. The van der Waals surface area contributed by atoms with Crippen molar-refractivity contribution in [2.45, 2.75) is 44.6 Å². The van der Waals surface area contributed by atoms with Crippen molar-refractivity contribution in [2.24, 2.45) is 0 Å². The van der Waals surface area contributed by atoms with Gasteiger partial charge in [-0.3, -0.25) is 0 Å². The quantitative estimate of drug-likeness (QED) is 0.821. The molecule has 0 unspecified atom stereocenters. The molecule has 1 fully saturated rings. The average molecular weight is 281 g/mol. The zero-order valence-electron chi connectivity index (χ0n) is 12.4. The van der Waals surface area contributed by atoms with E-state index in [4.69, 9.17) is 0 Å². The van der Waals surface area contributed by atoms with Crippen LogP contribution in [0.4, 0.5) is 5.69 Å². The summed E-state index contributed by atoms with van der Waals surface area (Å²) in [7, 11) is 0. The van der Waals surface area contributed by atoms with Gasteiger partial charge in [-0.1, -0.05) is 49.6 Å². The lowest BCUT2D eigenvalue weighted by Crippen LogP contribution is -2.05. The minimum atomic E-state index is 0.351. The third-order valence-corrected chi connectivity index (χ3v) is 4.46. The maximum atomic E-state index is 9.76. The van der Waals surface area contributed by atoms with Gasteiger partial charge in [-0.2, -0.15) is 0 Å². The molecule has 1 aliphatic carbocycles. The van der Waals surface area contributed by atoms with Crippen molar-refractivity contribution in [3.05, 3.63) is 59.7 Å². The predicted octanol–water partition coefficient (Wildman–Crippen LogP) is 5.05. The number of benzene rings is 2. The first kappa shape index (κ1) is 14.0. The van der Waals surface area contributed by atoms with Gasteiger partial charge in [0.15, 0.2) is 0 Å². The Kier molecular flexibility index (Phi) is 4.44. The molecular formula is C19H23NO. The lowest BCUT2D eigenvalue weighted by atomic mass is 9.84. The van der Waals surface area contributed by atoms with Gasteiger partial charge in [0.2, 0.25) is 0 Å². The molecule has 110 valence electrons. The van der Waals surface area contributed by atoms with Crippen molar-refractivity contribution in [2.75, 3.05) is 5.32 Å². The summed E-state index contributed by atoms with van der Waals surface area (Å²) < 4.78 is 0. The standard InChI is InChI=1S/C19H23NO/c21-19-9-5-4-8-17(19)14-20-18-12-10-16(11-13-18)15-6-2-1-3-7-15/h4-5,8-13,15,20-21H,1-3,6-7,14H2. The van der Waals surface area contributed by atoms with Crippen LogP contribution in [0, 0.1) is 0 Å². The molecule has 0 aliphatic heterocycles. The summed E-state index contributed by atoms with van der Waals surface area (Å²) in [5.74, 6) is 1.11. The largest absolute Gasteiger partial charge is 0.508 e. The smallest absolute Gasteiger partial charge is 0.120 e. The van der Waals surface area contributed by atoms with Gasteiger partial charge in [0, 0.05) is 17.8 Å². The molecule has 1 aliphatic rings. The van der Waals surface area contributed by atoms with Crippen LogP contribution in [0.5, 0.6) is 5.75 Å². The van der Waals surface area contributed by atoms with E-state index >= 15 is 0 Å². The first-order valence-electron chi connectivity index (χ1n) is 7.93. The Balaban J connectivity index is 1.60. The van der Waals surface area contributed by atoms with Crippen LogP contribution < -0.4 is 5.32 Å². The number of nitrogens with one attached hydrogen (secondary N) is 1. The molecular weight excluding hydrogens is 258 g/mol. The normalized spacial score (nSPS) is 15.8. The Bertz CT molecular complexity index is 570.